The first-order chi connectivity index (χ1) is 21.3. The monoisotopic (exact) mass is 683 g/mol. The lowest BCUT2D eigenvalue weighted by Gasteiger charge is -2.35. The van der Waals surface area contributed by atoms with Crippen molar-refractivity contribution >= 4 is 50.7 Å². The van der Waals surface area contributed by atoms with E-state index in [4.69, 9.17) is 23.2 Å². The highest BCUT2D eigenvalue weighted by Gasteiger charge is 2.36. The number of anilines is 1. The molecule has 13 heteroatoms. The van der Waals surface area contributed by atoms with E-state index in [0.29, 0.717) is 15.9 Å². The summed E-state index contributed by atoms with van der Waals surface area (Å²) in [6.07, 6.45) is -0.0105. The molecule has 0 saturated heterocycles. The molecule has 242 valence electrons. The van der Waals surface area contributed by atoms with Crippen molar-refractivity contribution in [2.45, 2.75) is 75.1 Å². The van der Waals surface area contributed by atoms with E-state index in [2.05, 4.69) is 5.32 Å². The summed E-state index contributed by atoms with van der Waals surface area (Å²) >= 11 is 12.9. The van der Waals surface area contributed by atoms with Crippen molar-refractivity contribution in [2.24, 2.45) is 0 Å². The maximum Gasteiger partial charge on any atom is 0.416 e. The third-order valence-corrected chi connectivity index (χ3v) is 10.3. The van der Waals surface area contributed by atoms with Crippen LogP contribution in [0.1, 0.15) is 56.6 Å². The van der Waals surface area contributed by atoms with Crippen molar-refractivity contribution in [3.05, 3.63) is 94.0 Å². The lowest BCUT2D eigenvalue weighted by atomic mass is 9.95. The number of benzene rings is 3. The minimum atomic E-state index is -4.76. The van der Waals surface area contributed by atoms with E-state index in [1.807, 2.05) is 0 Å². The van der Waals surface area contributed by atoms with Crippen LogP contribution in [0.4, 0.5) is 18.9 Å². The predicted octanol–water partition coefficient (Wildman–Crippen LogP) is 7.46. The molecule has 1 atom stereocenters. The fourth-order valence-electron chi connectivity index (χ4n) is 5.40. The van der Waals surface area contributed by atoms with Gasteiger partial charge in [-0.05, 0) is 61.7 Å². The van der Waals surface area contributed by atoms with E-state index in [-0.39, 0.29) is 39.6 Å². The summed E-state index contributed by atoms with van der Waals surface area (Å²) in [6.45, 7) is 0.578. The summed E-state index contributed by atoms with van der Waals surface area (Å²) < 4.78 is 69.5. The molecule has 0 spiro atoms. The Kier molecular flexibility index (Phi) is 11.4. The van der Waals surface area contributed by atoms with Gasteiger partial charge in [0.2, 0.25) is 11.8 Å². The molecule has 3 aromatic rings. The normalized spacial score (nSPS) is 14.9. The number of nitrogens with one attached hydrogen (secondary N) is 1. The van der Waals surface area contributed by atoms with Crippen molar-refractivity contribution in [1.29, 1.82) is 0 Å². The van der Waals surface area contributed by atoms with E-state index in [1.54, 1.807) is 31.2 Å². The number of amides is 2. The third-order valence-electron chi connectivity index (χ3n) is 7.80. The lowest BCUT2D eigenvalue weighted by molar-refractivity contribution is -0.140. The van der Waals surface area contributed by atoms with E-state index in [9.17, 15) is 31.2 Å². The number of sulfonamides is 1. The molecule has 0 bridgehead atoms. The molecule has 1 fully saturated rings. The van der Waals surface area contributed by atoms with Crippen LogP contribution in [0.15, 0.2) is 77.7 Å². The van der Waals surface area contributed by atoms with Crippen LogP contribution in [0.2, 0.25) is 10.0 Å². The van der Waals surface area contributed by atoms with Gasteiger partial charge in [0.15, 0.2) is 0 Å². The van der Waals surface area contributed by atoms with Crippen LogP contribution in [-0.2, 0) is 32.3 Å². The number of rotatable bonds is 11. The average Bonchev–Trinajstić information content (AvgIpc) is 3.01. The molecule has 1 aliphatic rings. The number of carbonyl (C=O) groups is 2. The van der Waals surface area contributed by atoms with Crippen molar-refractivity contribution in [1.82, 2.24) is 10.2 Å². The van der Waals surface area contributed by atoms with Crippen molar-refractivity contribution in [3.63, 3.8) is 0 Å². The zero-order chi connectivity index (χ0) is 32.8. The van der Waals surface area contributed by atoms with E-state index < -0.39 is 46.2 Å². The van der Waals surface area contributed by atoms with Crippen LogP contribution in [0.25, 0.3) is 0 Å². The largest absolute Gasteiger partial charge is 0.416 e. The van der Waals surface area contributed by atoms with Gasteiger partial charge in [-0.1, -0.05) is 79.7 Å². The minimum absolute atomic E-state index is 0.0683. The Balaban J connectivity index is 1.77. The van der Waals surface area contributed by atoms with Gasteiger partial charge in [0.1, 0.15) is 12.6 Å². The van der Waals surface area contributed by atoms with Crippen LogP contribution in [0, 0.1) is 0 Å². The highest BCUT2D eigenvalue weighted by atomic mass is 35.5. The Morgan fingerprint density at radius 2 is 1.56 bits per heavy atom. The van der Waals surface area contributed by atoms with Gasteiger partial charge in [-0.25, -0.2) is 8.42 Å². The summed E-state index contributed by atoms with van der Waals surface area (Å²) in [6, 6.07) is 14.5. The number of hydrogen-bond donors (Lipinski definition) is 1. The van der Waals surface area contributed by atoms with Gasteiger partial charge < -0.3 is 10.2 Å². The second-order valence-electron chi connectivity index (χ2n) is 10.9. The van der Waals surface area contributed by atoms with Gasteiger partial charge in [0, 0.05) is 28.2 Å². The van der Waals surface area contributed by atoms with Gasteiger partial charge in [0.25, 0.3) is 10.0 Å². The standard InChI is InChI=1S/C32H34Cl2F3N3O4S/c1-2-29(31(42)38-23-12-5-3-6-13-23)39(20-26-27(33)17-10-18-28(26)34)30(41)21-40(45(43,44)25-15-7-4-8-16-25)24-14-9-11-22(19-24)32(35,36)37/h4,7-11,14-19,23,29H,2-3,5-6,12-13,20-21H2,1H3,(H,38,42). The quantitative estimate of drug-likeness (QED) is 0.227. The van der Waals surface area contributed by atoms with Crippen LogP contribution in [-0.4, -0.2) is 43.8 Å². The molecule has 2 amide bonds. The zero-order valence-corrected chi connectivity index (χ0v) is 26.9. The van der Waals surface area contributed by atoms with Crippen LogP contribution >= 0.6 is 23.2 Å². The molecule has 0 radical (unpaired) electrons. The zero-order valence-electron chi connectivity index (χ0n) is 24.6. The number of nitrogens with zero attached hydrogens (tertiary/aromatic N) is 2. The molecule has 0 heterocycles. The molecule has 4 rings (SSSR count). The van der Waals surface area contributed by atoms with Gasteiger partial charge in [0.05, 0.1) is 16.1 Å². The summed E-state index contributed by atoms with van der Waals surface area (Å²) in [5.74, 6) is -1.24. The van der Waals surface area contributed by atoms with E-state index in [0.717, 1.165) is 44.2 Å². The number of hydrogen-bond acceptors (Lipinski definition) is 4. The summed E-state index contributed by atoms with van der Waals surface area (Å²) in [5, 5.41) is 3.49. The van der Waals surface area contributed by atoms with Gasteiger partial charge >= 0.3 is 6.18 Å². The van der Waals surface area contributed by atoms with E-state index >= 15 is 0 Å². The molecule has 1 unspecified atom stereocenters. The fraction of sp³-hybridized carbons (Fsp3) is 0.375. The number of alkyl halides is 3. The second kappa shape index (κ2) is 14.9. The van der Waals surface area contributed by atoms with Crippen molar-refractivity contribution in [3.8, 4) is 0 Å². The Morgan fingerprint density at radius 1 is 0.933 bits per heavy atom. The number of carbonyl (C=O) groups excluding carboxylic acids is 2. The van der Waals surface area contributed by atoms with Crippen molar-refractivity contribution in [2.75, 3.05) is 10.8 Å². The Hall–Kier alpha value is -3.28. The molecule has 1 aliphatic carbocycles. The third kappa shape index (κ3) is 8.51. The molecule has 7 nitrogen and oxygen atoms in total. The Bertz CT molecular complexity index is 1580. The number of halogens is 5. The first kappa shape index (κ1) is 34.6. The first-order valence-electron chi connectivity index (χ1n) is 14.6. The maximum absolute atomic E-state index is 14.2. The molecule has 0 aliphatic heterocycles. The minimum Gasteiger partial charge on any atom is -0.352 e. The van der Waals surface area contributed by atoms with Crippen LogP contribution < -0.4 is 9.62 Å². The Morgan fingerprint density at radius 3 is 2.16 bits per heavy atom. The summed E-state index contributed by atoms with van der Waals surface area (Å²) in [5.41, 5.74) is -1.11. The van der Waals surface area contributed by atoms with Gasteiger partial charge in [-0.2, -0.15) is 13.2 Å². The Labute approximate surface area is 271 Å². The van der Waals surface area contributed by atoms with Crippen molar-refractivity contribution < 1.29 is 31.2 Å². The molecule has 0 aromatic heterocycles. The molecular weight excluding hydrogens is 650 g/mol. The molecule has 1 saturated carbocycles. The highest BCUT2D eigenvalue weighted by molar-refractivity contribution is 7.92. The lowest BCUT2D eigenvalue weighted by Crippen LogP contribution is -2.54. The van der Waals surface area contributed by atoms with Crippen LogP contribution in [0.3, 0.4) is 0 Å². The maximum atomic E-state index is 14.2. The predicted molar refractivity (Wildman–Crippen MR) is 169 cm³/mol. The average molecular weight is 685 g/mol. The molecular formula is C32H34Cl2F3N3O4S. The SMILES string of the molecule is CCC(C(=O)NC1CCCCC1)N(Cc1c(Cl)cccc1Cl)C(=O)CN(c1cccc(C(F)(F)F)c1)S(=O)(=O)c1ccccc1. The summed E-state index contributed by atoms with van der Waals surface area (Å²) in [4.78, 5) is 28.9. The first-order valence-corrected chi connectivity index (χ1v) is 16.8. The van der Waals surface area contributed by atoms with E-state index in [1.165, 1.54) is 35.2 Å². The smallest absolute Gasteiger partial charge is 0.352 e. The topological polar surface area (TPSA) is 86.8 Å². The fourth-order valence-corrected chi connectivity index (χ4v) is 7.35. The summed E-state index contributed by atoms with van der Waals surface area (Å²) in [7, 11) is -4.54. The molecule has 45 heavy (non-hydrogen) atoms. The second-order valence-corrected chi connectivity index (χ2v) is 13.5. The highest BCUT2D eigenvalue weighted by Crippen LogP contribution is 2.34. The molecule has 1 N–H and O–H groups in total. The molecule has 3 aromatic carbocycles. The van der Waals surface area contributed by atoms with Crippen LogP contribution in [0.5, 0.6) is 0 Å². The van der Waals surface area contributed by atoms with Gasteiger partial charge in [-0.15, -0.1) is 0 Å². The van der Waals surface area contributed by atoms with Gasteiger partial charge in [-0.3, -0.25) is 13.9 Å².